The number of thiophene rings is 1. The maximum absolute atomic E-state index is 12.7. The first-order valence-corrected chi connectivity index (χ1v) is 9.96. The number of rotatable bonds is 4. The third-order valence-electron chi connectivity index (χ3n) is 4.45. The quantitative estimate of drug-likeness (QED) is 0.703. The van der Waals surface area contributed by atoms with Crippen molar-refractivity contribution in [1.29, 1.82) is 0 Å². The smallest absolute Gasteiger partial charge is 0.302 e. The number of carbonyl (C=O) groups is 2. The van der Waals surface area contributed by atoms with Crippen LogP contribution in [-0.2, 0) is 0 Å². The van der Waals surface area contributed by atoms with E-state index in [0.29, 0.717) is 36.1 Å². The Morgan fingerprint density at radius 2 is 1.86 bits per heavy atom. The molecule has 2 aromatic heterocycles. The number of hydrogen-bond donors (Lipinski definition) is 1. The van der Waals surface area contributed by atoms with E-state index < -0.39 is 0 Å². The number of anilines is 2. The molecule has 4 rings (SSSR count). The zero-order valence-electron chi connectivity index (χ0n) is 14.8. The van der Waals surface area contributed by atoms with Crippen molar-refractivity contribution in [1.82, 2.24) is 9.88 Å². The van der Waals surface area contributed by atoms with Crippen molar-refractivity contribution in [3.05, 3.63) is 63.6 Å². The van der Waals surface area contributed by atoms with E-state index in [1.807, 2.05) is 29.6 Å². The van der Waals surface area contributed by atoms with Crippen molar-refractivity contribution >= 4 is 46.5 Å². The number of oxazole rings is 1. The van der Waals surface area contributed by atoms with Gasteiger partial charge in [-0.2, -0.15) is 4.98 Å². The molecule has 3 aromatic rings. The molecule has 28 heavy (non-hydrogen) atoms. The van der Waals surface area contributed by atoms with Gasteiger partial charge in [0.25, 0.3) is 11.8 Å². The van der Waals surface area contributed by atoms with E-state index in [4.69, 9.17) is 16.0 Å². The molecule has 1 saturated heterocycles. The molecule has 0 bridgehead atoms. The van der Waals surface area contributed by atoms with Crippen LogP contribution >= 0.6 is 22.9 Å². The molecule has 144 valence electrons. The Balaban J connectivity index is 1.35. The molecular formula is C19H17ClN4O3S. The lowest BCUT2D eigenvalue weighted by molar-refractivity contribution is 0.0740. The van der Waals surface area contributed by atoms with Crippen LogP contribution in [-0.4, -0.2) is 47.9 Å². The average molecular weight is 417 g/mol. The fourth-order valence-electron chi connectivity index (χ4n) is 2.98. The Morgan fingerprint density at radius 3 is 2.54 bits per heavy atom. The predicted octanol–water partition coefficient (Wildman–Crippen LogP) is 3.60. The number of aromatic nitrogens is 1. The molecule has 1 aromatic carbocycles. The summed E-state index contributed by atoms with van der Waals surface area (Å²) in [5.41, 5.74) is 1.26. The molecule has 0 aliphatic carbocycles. The maximum atomic E-state index is 12.7. The fourth-order valence-corrected chi connectivity index (χ4v) is 3.72. The van der Waals surface area contributed by atoms with Crippen molar-refractivity contribution in [2.75, 3.05) is 36.4 Å². The molecule has 7 nitrogen and oxygen atoms in total. The molecule has 0 spiro atoms. The van der Waals surface area contributed by atoms with Gasteiger partial charge in [0.05, 0.1) is 4.88 Å². The second-order valence-electron chi connectivity index (χ2n) is 6.22. The summed E-state index contributed by atoms with van der Waals surface area (Å²) in [6.45, 7) is 2.58. The van der Waals surface area contributed by atoms with Gasteiger partial charge in [-0.3, -0.25) is 14.9 Å². The Bertz CT molecular complexity index is 963. The normalized spacial score (nSPS) is 14.2. The van der Waals surface area contributed by atoms with Gasteiger partial charge in [-0.15, -0.1) is 11.3 Å². The summed E-state index contributed by atoms with van der Waals surface area (Å²) in [6.07, 6.45) is 1.28. The number of carbonyl (C=O) groups excluding carboxylic acids is 2. The minimum Gasteiger partial charge on any atom is -0.431 e. The maximum Gasteiger partial charge on any atom is 0.302 e. The predicted molar refractivity (Wildman–Crippen MR) is 108 cm³/mol. The van der Waals surface area contributed by atoms with Gasteiger partial charge in [-0.1, -0.05) is 17.7 Å². The van der Waals surface area contributed by atoms with E-state index in [1.165, 1.54) is 17.6 Å². The summed E-state index contributed by atoms with van der Waals surface area (Å²) >= 11 is 7.25. The zero-order valence-corrected chi connectivity index (χ0v) is 16.4. The number of hydrogen-bond acceptors (Lipinski definition) is 6. The van der Waals surface area contributed by atoms with Crippen molar-refractivity contribution in [2.45, 2.75) is 0 Å². The first-order chi connectivity index (χ1) is 13.6. The summed E-state index contributed by atoms with van der Waals surface area (Å²) in [4.78, 5) is 33.3. The zero-order chi connectivity index (χ0) is 19.5. The average Bonchev–Trinajstić information content (AvgIpc) is 3.40. The molecule has 0 radical (unpaired) electrons. The van der Waals surface area contributed by atoms with Gasteiger partial charge >= 0.3 is 6.01 Å². The molecule has 1 aliphatic rings. The molecule has 3 heterocycles. The van der Waals surface area contributed by atoms with Crippen LogP contribution in [0, 0.1) is 0 Å². The summed E-state index contributed by atoms with van der Waals surface area (Å²) in [6, 6.07) is 11.2. The van der Waals surface area contributed by atoms with E-state index >= 15 is 0 Å². The second-order valence-corrected chi connectivity index (χ2v) is 7.61. The van der Waals surface area contributed by atoms with E-state index in [1.54, 1.807) is 17.0 Å². The summed E-state index contributed by atoms with van der Waals surface area (Å²) in [7, 11) is 0. The lowest BCUT2D eigenvalue weighted by Crippen LogP contribution is -2.48. The number of nitrogens with one attached hydrogen (secondary N) is 1. The third kappa shape index (κ3) is 4.02. The van der Waals surface area contributed by atoms with E-state index in [2.05, 4.69) is 15.2 Å². The van der Waals surface area contributed by atoms with Crippen LogP contribution in [0.5, 0.6) is 0 Å². The van der Waals surface area contributed by atoms with Gasteiger partial charge < -0.3 is 14.2 Å². The highest BCUT2D eigenvalue weighted by Crippen LogP contribution is 2.20. The number of nitrogens with zero attached hydrogens (tertiary/aromatic N) is 3. The minimum absolute atomic E-state index is 0.0153. The third-order valence-corrected chi connectivity index (χ3v) is 5.57. The van der Waals surface area contributed by atoms with E-state index in [-0.39, 0.29) is 23.5 Å². The molecule has 0 unspecified atom stereocenters. The van der Waals surface area contributed by atoms with Gasteiger partial charge in [-0.25, -0.2) is 0 Å². The summed E-state index contributed by atoms with van der Waals surface area (Å²) in [5.74, 6) is -0.524. The molecule has 2 amide bonds. The van der Waals surface area contributed by atoms with Crippen LogP contribution in [0.15, 0.2) is 52.5 Å². The standard InChI is InChI=1S/C19H17ClN4O3S/c20-13-3-5-14(6-4-13)23-7-9-24(10-8-23)18(26)15-12-27-19(21-15)22-17(25)16-2-1-11-28-16/h1-6,11-12H,7-10H2,(H,21,22,25). The van der Waals surface area contributed by atoms with Gasteiger partial charge in [0.15, 0.2) is 5.69 Å². The monoisotopic (exact) mass is 416 g/mol. The van der Waals surface area contributed by atoms with E-state index in [0.717, 1.165) is 5.69 Å². The lowest BCUT2D eigenvalue weighted by atomic mass is 10.2. The van der Waals surface area contributed by atoms with Crippen molar-refractivity contribution in [3.63, 3.8) is 0 Å². The number of amides is 2. The largest absolute Gasteiger partial charge is 0.431 e. The van der Waals surface area contributed by atoms with Crippen LogP contribution in [0.4, 0.5) is 11.7 Å². The van der Waals surface area contributed by atoms with Crippen LogP contribution in [0.25, 0.3) is 0 Å². The molecule has 1 fully saturated rings. The highest BCUT2D eigenvalue weighted by Gasteiger charge is 2.25. The molecule has 1 aliphatic heterocycles. The Hall–Kier alpha value is -2.84. The highest BCUT2D eigenvalue weighted by molar-refractivity contribution is 7.12. The molecule has 1 N–H and O–H groups in total. The fraction of sp³-hybridized carbons (Fsp3) is 0.211. The van der Waals surface area contributed by atoms with Crippen molar-refractivity contribution in [2.24, 2.45) is 0 Å². The molecular weight excluding hydrogens is 400 g/mol. The summed E-state index contributed by atoms with van der Waals surface area (Å²) < 4.78 is 5.24. The topological polar surface area (TPSA) is 78.7 Å². The van der Waals surface area contributed by atoms with Crippen LogP contribution in [0.2, 0.25) is 5.02 Å². The summed E-state index contributed by atoms with van der Waals surface area (Å²) in [5, 5.41) is 5.07. The number of piperazine rings is 1. The van der Waals surface area contributed by atoms with Gasteiger partial charge in [0, 0.05) is 36.9 Å². The first-order valence-electron chi connectivity index (χ1n) is 8.70. The Labute approximate surface area is 170 Å². The SMILES string of the molecule is O=C(Nc1nc(C(=O)N2CCN(c3ccc(Cl)cc3)CC2)co1)c1cccs1. The van der Waals surface area contributed by atoms with Crippen LogP contribution in [0.1, 0.15) is 20.2 Å². The molecule has 0 atom stereocenters. The van der Waals surface area contributed by atoms with Gasteiger partial charge in [0.1, 0.15) is 6.26 Å². The van der Waals surface area contributed by atoms with Crippen LogP contribution in [0.3, 0.4) is 0 Å². The lowest BCUT2D eigenvalue weighted by Gasteiger charge is -2.35. The molecule has 0 saturated carbocycles. The Kier molecular flexibility index (Phi) is 5.31. The van der Waals surface area contributed by atoms with Gasteiger partial charge in [-0.05, 0) is 35.7 Å². The Morgan fingerprint density at radius 1 is 1.11 bits per heavy atom. The van der Waals surface area contributed by atoms with E-state index in [9.17, 15) is 9.59 Å². The second kappa shape index (κ2) is 8.04. The van der Waals surface area contributed by atoms with Crippen molar-refractivity contribution < 1.29 is 14.0 Å². The minimum atomic E-state index is -0.313. The van der Waals surface area contributed by atoms with Crippen LogP contribution < -0.4 is 10.2 Å². The van der Waals surface area contributed by atoms with Gasteiger partial charge in [0.2, 0.25) is 0 Å². The first kappa shape index (κ1) is 18.5. The number of benzene rings is 1. The van der Waals surface area contributed by atoms with Crippen molar-refractivity contribution in [3.8, 4) is 0 Å². The number of halogens is 1. The molecule has 9 heteroatoms. The highest BCUT2D eigenvalue weighted by atomic mass is 35.5.